The molecule has 4 nitrogen and oxygen atoms in total. The molecule has 0 spiro atoms. The van der Waals surface area contributed by atoms with Crippen LogP contribution >= 0.6 is 0 Å². The van der Waals surface area contributed by atoms with Crippen LogP contribution in [0.4, 0.5) is 0 Å². The van der Waals surface area contributed by atoms with E-state index in [1.54, 1.807) is 13.8 Å². The van der Waals surface area contributed by atoms with Crippen LogP contribution in [0, 0.1) is 18.8 Å². The van der Waals surface area contributed by atoms with Gasteiger partial charge in [-0.2, -0.15) is 0 Å². The van der Waals surface area contributed by atoms with Gasteiger partial charge in [-0.15, -0.1) is 0 Å². The number of aliphatic hydroxyl groups is 1. The molecule has 1 aromatic heterocycles. The first-order chi connectivity index (χ1) is 12.9. The third kappa shape index (κ3) is 6.18. The van der Waals surface area contributed by atoms with Gasteiger partial charge >= 0.3 is 0 Å². The van der Waals surface area contributed by atoms with Gasteiger partial charge in [-0.3, -0.25) is 14.8 Å². The maximum absolute atomic E-state index is 9.69. The van der Waals surface area contributed by atoms with Gasteiger partial charge in [0.15, 0.2) is 0 Å². The highest BCUT2D eigenvalue weighted by molar-refractivity contribution is 5.37. The van der Waals surface area contributed by atoms with E-state index < -0.39 is 5.60 Å². The topological polar surface area (TPSA) is 39.6 Å². The first-order valence-corrected chi connectivity index (χ1v) is 9.59. The molecule has 27 heavy (non-hydrogen) atoms. The fourth-order valence-electron chi connectivity index (χ4n) is 3.18. The number of aryl methyl sites for hydroxylation is 1. The van der Waals surface area contributed by atoms with E-state index in [1.165, 1.54) is 16.8 Å². The van der Waals surface area contributed by atoms with Crippen LogP contribution in [-0.2, 0) is 13.1 Å². The summed E-state index contributed by atoms with van der Waals surface area (Å²) < 4.78 is 0. The zero-order valence-electron chi connectivity index (χ0n) is 16.6. The summed E-state index contributed by atoms with van der Waals surface area (Å²) in [5.41, 5.74) is 3.75. The summed E-state index contributed by atoms with van der Waals surface area (Å²) in [6.45, 7) is 11.7. The maximum Gasteiger partial charge on any atom is 0.120 e. The monoisotopic (exact) mass is 363 g/mol. The first kappa shape index (κ1) is 19.6. The summed E-state index contributed by atoms with van der Waals surface area (Å²) in [6.07, 6.45) is 1.88. The molecule has 0 unspecified atom stereocenters. The molecule has 0 radical (unpaired) electrons. The molecule has 0 aliphatic carbocycles. The molecule has 2 aromatic rings. The molecule has 0 saturated carbocycles. The van der Waals surface area contributed by atoms with Crippen LogP contribution in [0.2, 0.25) is 0 Å². The van der Waals surface area contributed by atoms with Crippen molar-refractivity contribution in [2.45, 2.75) is 39.5 Å². The van der Waals surface area contributed by atoms with Gasteiger partial charge in [-0.1, -0.05) is 30.0 Å². The van der Waals surface area contributed by atoms with E-state index in [4.69, 9.17) is 0 Å². The smallest absolute Gasteiger partial charge is 0.120 e. The highest BCUT2D eigenvalue weighted by Crippen LogP contribution is 2.13. The molecule has 0 bridgehead atoms. The highest BCUT2D eigenvalue weighted by Gasteiger charge is 2.18. The predicted octanol–water partition coefficient (Wildman–Crippen LogP) is 2.83. The van der Waals surface area contributed by atoms with E-state index in [2.05, 4.69) is 51.7 Å². The SMILES string of the molecule is Cc1cccnc1CN1CCN(Cc2ccc(C#CC(C)(C)O)cc2)CC1. The average Bonchev–Trinajstić information content (AvgIpc) is 2.64. The Labute approximate surface area is 162 Å². The summed E-state index contributed by atoms with van der Waals surface area (Å²) in [7, 11) is 0. The van der Waals surface area contributed by atoms with Crippen molar-refractivity contribution in [3.63, 3.8) is 0 Å². The molecular weight excluding hydrogens is 334 g/mol. The van der Waals surface area contributed by atoms with Crippen molar-refractivity contribution in [3.8, 4) is 11.8 Å². The van der Waals surface area contributed by atoms with Crippen molar-refractivity contribution in [2.24, 2.45) is 0 Å². The van der Waals surface area contributed by atoms with Gasteiger partial charge in [0.2, 0.25) is 0 Å². The third-order valence-corrected chi connectivity index (χ3v) is 4.83. The number of hydrogen-bond donors (Lipinski definition) is 1. The Balaban J connectivity index is 1.49. The largest absolute Gasteiger partial charge is 0.378 e. The van der Waals surface area contributed by atoms with Gasteiger partial charge in [0.1, 0.15) is 5.60 Å². The molecule has 142 valence electrons. The van der Waals surface area contributed by atoms with E-state index in [9.17, 15) is 5.11 Å². The Kier molecular flexibility index (Phi) is 6.28. The predicted molar refractivity (Wildman–Crippen MR) is 109 cm³/mol. The Hall–Kier alpha value is -2.19. The van der Waals surface area contributed by atoms with Crippen LogP contribution in [0.5, 0.6) is 0 Å². The molecule has 1 saturated heterocycles. The van der Waals surface area contributed by atoms with Crippen molar-refractivity contribution < 1.29 is 5.11 Å². The van der Waals surface area contributed by atoms with Crippen molar-refractivity contribution in [1.82, 2.24) is 14.8 Å². The number of piperazine rings is 1. The van der Waals surface area contributed by atoms with E-state index in [-0.39, 0.29) is 0 Å². The summed E-state index contributed by atoms with van der Waals surface area (Å²) in [4.78, 5) is 9.50. The number of rotatable bonds is 4. The Morgan fingerprint density at radius 2 is 1.63 bits per heavy atom. The Morgan fingerprint density at radius 3 is 2.22 bits per heavy atom. The third-order valence-electron chi connectivity index (χ3n) is 4.83. The summed E-state index contributed by atoms with van der Waals surface area (Å²) >= 11 is 0. The molecule has 4 heteroatoms. The summed E-state index contributed by atoms with van der Waals surface area (Å²) in [5.74, 6) is 5.87. The van der Waals surface area contributed by atoms with Gasteiger partial charge in [0.25, 0.3) is 0 Å². The van der Waals surface area contributed by atoms with Crippen molar-refractivity contribution >= 4 is 0 Å². The molecule has 1 fully saturated rings. The fraction of sp³-hybridized carbons (Fsp3) is 0.435. The lowest BCUT2D eigenvalue weighted by Crippen LogP contribution is -2.45. The zero-order chi connectivity index (χ0) is 19.3. The second kappa shape index (κ2) is 8.67. The fourth-order valence-corrected chi connectivity index (χ4v) is 3.18. The summed E-state index contributed by atoms with van der Waals surface area (Å²) in [5, 5.41) is 9.69. The molecule has 1 aromatic carbocycles. The number of aromatic nitrogens is 1. The molecule has 1 N–H and O–H groups in total. The second-order valence-electron chi connectivity index (χ2n) is 7.83. The standard InChI is InChI=1S/C23H29N3O/c1-19-5-4-12-24-22(19)18-26-15-13-25(14-16-26)17-21-8-6-20(7-9-21)10-11-23(2,3)27/h4-9,12,27H,13-18H2,1-3H3. The molecule has 1 aliphatic rings. The van der Waals surface area contributed by atoms with Gasteiger partial charge in [0, 0.05) is 51.0 Å². The summed E-state index contributed by atoms with van der Waals surface area (Å²) in [6, 6.07) is 12.5. The lowest BCUT2D eigenvalue weighted by molar-refractivity contribution is 0.121. The van der Waals surface area contributed by atoms with E-state index in [0.717, 1.165) is 44.8 Å². The molecule has 0 atom stereocenters. The number of benzene rings is 1. The number of hydrogen-bond acceptors (Lipinski definition) is 4. The zero-order valence-corrected chi connectivity index (χ0v) is 16.6. The lowest BCUT2D eigenvalue weighted by Gasteiger charge is -2.34. The molecule has 0 amide bonds. The van der Waals surface area contributed by atoms with E-state index >= 15 is 0 Å². The number of pyridine rings is 1. The molecule has 3 rings (SSSR count). The van der Waals surface area contributed by atoms with Crippen molar-refractivity contribution in [1.29, 1.82) is 0 Å². The Morgan fingerprint density at radius 1 is 1.00 bits per heavy atom. The van der Waals surface area contributed by atoms with E-state index in [1.807, 2.05) is 24.4 Å². The first-order valence-electron chi connectivity index (χ1n) is 9.59. The van der Waals surface area contributed by atoms with Crippen LogP contribution < -0.4 is 0 Å². The average molecular weight is 364 g/mol. The minimum absolute atomic E-state index is 0.940. The van der Waals surface area contributed by atoms with Crippen molar-refractivity contribution in [3.05, 3.63) is 65.0 Å². The normalized spacial score (nSPS) is 16.0. The minimum Gasteiger partial charge on any atom is -0.378 e. The Bertz CT molecular complexity index is 804. The quantitative estimate of drug-likeness (QED) is 0.848. The van der Waals surface area contributed by atoms with Gasteiger partial charge < -0.3 is 5.11 Å². The number of nitrogens with zero attached hydrogens (tertiary/aromatic N) is 3. The maximum atomic E-state index is 9.69. The van der Waals surface area contributed by atoms with E-state index in [0.29, 0.717) is 0 Å². The highest BCUT2D eigenvalue weighted by atomic mass is 16.3. The molecule has 1 aliphatic heterocycles. The van der Waals surface area contributed by atoms with Gasteiger partial charge in [0.05, 0.1) is 5.69 Å². The van der Waals surface area contributed by atoms with Crippen molar-refractivity contribution in [2.75, 3.05) is 26.2 Å². The van der Waals surface area contributed by atoms with Crippen LogP contribution in [0.25, 0.3) is 0 Å². The van der Waals surface area contributed by atoms with Gasteiger partial charge in [-0.25, -0.2) is 0 Å². The minimum atomic E-state index is -0.952. The van der Waals surface area contributed by atoms with Crippen LogP contribution in [-0.4, -0.2) is 51.7 Å². The van der Waals surface area contributed by atoms with Crippen LogP contribution in [0.15, 0.2) is 42.6 Å². The molecule has 2 heterocycles. The lowest BCUT2D eigenvalue weighted by atomic mass is 10.1. The second-order valence-corrected chi connectivity index (χ2v) is 7.83. The van der Waals surface area contributed by atoms with Gasteiger partial charge in [-0.05, 0) is 50.1 Å². The van der Waals surface area contributed by atoms with Crippen LogP contribution in [0.3, 0.4) is 0 Å². The van der Waals surface area contributed by atoms with Crippen LogP contribution in [0.1, 0.15) is 36.2 Å². The molecular formula is C23H29N3O.